The predicted octanol–water partition coefficient (Wildman–Crippen LogP) is 5.07. The Bertz CT molecular complexity index is 490. The van der Waals surface area contributed by atoms with Crippen molar-refractivity contribution >= 4 is 28.9 Å². The first kappa shape index (κ1) is 16.2. The van der Waals surface area contributed by atoms with Crippen LogP contribution in [0.25, 0.3) is 0 Å². The molecule has 0 radical (unpaired) electrons. The maximum Gasteiger partial charge on any atom is 0.224 e. The summed E-state index contributed by atoms with van der Waals surface area (Å²) in [7, 11) is 0. The molecule has 0 heterocycles. The number of benzene rings is 1. The van der Waals surface area contributed by atoms with Gasteiger partial charge in [-0.25, -0.2) is 0 Å². The van der Waals surface area contributed by atoms with Crippen LogP contribution >= 0.6 is 11.6 Å². The Hall–Kier alpha value is -1.22. The Balaban J connectivity index is 2.04. The van der Waals surface area contributed by atoms with Gasteiger partial charge in [0, 0.05) is 18.2 Å². The standard InChI is InChI=1S/C17H25ClN2O/c1-3-12-6-5-7-13(10-12)19-16-11-14(8-9-15(16)18)20-17(21)4-2/h8-9,11-13,19H,3-7,10H2,1-2H3,(H,20,21). The quantitative estimate of drug-likeness (QED) is 0.797. The summed E-state index contributed by atoms with van der Waals surface area (Å²) >= 11 is 6.28. The van der Waals surface area contributed by atoms with Crippen molar-refractivity contribution in [2.75, 3.05) is 10.6 Å². The third kappa shape index (κ3) is 4.63. The molecular weight excluding hydrogens is 284 g/mol. The maximum absolute atomic E-state index is 11.5. The lowest BCUT2D eigenvalue weighted by Gasteiger charge is -2.30. The summed E-state index contributed by atoms with van der Waals surface area (Å²) in [4.78, 5) is 11.5. The molecule has 0 spiro atoms. The highest BCUT2D eigenvalue weighted by atomic mass is 35.5. The van der Waals surface area contributed by atoms with Crippen molar-refractivity contribution in [2.45, 2.75) is 58.4 Å². The van der Waals surface area contributed by atoms with Gasteiger partial charge in [0.1, 0.15) is 0 Å². The number of hydrogen-bond acceptors (Lipinski definition) is 2. The fourth-order valence-electron chi connectivity index (χ4n) is 2.98. The van der Waals surface area contributed by atoms with Crippen molar-refractivity contribution in [1.29, 1.82) is 0 Å². The van der Waals surface area contributed by atoms with E-state index >= 15 is 0 Å². The Morgan fingerprint density at radius 1 is 1.33 bits per heavy atom. The van der Waals surface area contributed by atoms with Gasteiger partial charge in [-0.1, -0.05) is 44.7 Å². The molecule has 0 aliphatic heterocycles. The summed E-state index contributed by atoms with van der Waals surface area (Å²) in [6.45, 7) is 4.11. The highest BCUT2D eigenvalue weighted by Crippen LogP contribution is 2.32. The van der Waals surface area contributed by atoms with Crippen molar-refractivity contribution in [3.05, 3.63) is 23.2 Å². The van der Waals surface area contributed by atoms with Crippen LogP contribution in [0.4, 0.5) is 11.4 Å². The number of amides is 1. The first-order valence-corrected chi connectivity index (χ1v) is 8.36. The molecule has 1 aliphatic rings. The van der Waals surface area contributed by atoms with Crippen molar-refractivity contribution in [2.24, 2.45) is 5.92 Å². The van der Waals surface area contributed by atoms with Gasteiger partial charge in [-0.15, -0.1) is 0 Å². The minimum Gasteiger partial charge on any atom is -0.381 e. The molecule has 1 aliphatic carbocycles. The van der Waals surface area contributed by atoms with E-state index < -0.39 is 0 Å². The molecule has 0 saturated heterocycles. The van der Waals surface area contributed by atoms with Crippen LogP contribution in [-0.2, 0) is 4.79 Å². The smallest absolute Gasteiger partial charge is 0.224 e. The van der Waals surface area contributed by atoms with Crippen LogP contribution in [0.3, 0.4) is 0 Å². The molecule has 1 aromatic carbocycles. The van der Waals surface area contributed by atoms with Gasteiger partial charge < -0.3 is 10.6 Å². The van der Waals surface area contributed by atoms with Crippen LogP contribution in [0.15, 0.2) is 18.2 Å². The molecule has 116 valence electrons. The van der Waals surface area contributed by atoms with Gasteiger partial charge in [0.25, 0.3) is 0 Å². The Morgan fingerprint density at radius 3 is 2.86 bits per heavy atom. The zero-order chi connectivity index (χ0) is 15.2. The van der Waals surface area contributed by atoms with Crippen LogP contribution in [-0.4, -0.2) is 11.9 Å². The normalized spacial score (nSPS) is 21.9. The van der Waals surface area contributed by atoms with Gasteiger partial charge in [0.15, 0.2) is 0 Å². The van der Waals surface area contributed by atoms with E-state index in [2.05, 4.69) is 17.6 Å². The van der Waals surface area contributed by atoms with Crippen LogP contribution in [0.5, 0.6) is 0 Å². The lowest BCUT2D eigenvalue weighted by molar-refractivity contribution is -0.115. The first-order chi connectivity index (χ1) is 10.1. The topological polar surface area (TPSA) is 41.1 Å². The van der Waals surface area contributed by atoms with Gasteiger partial charge in [-0.3, -0.25) is 4.79 Å². The van der Waals surface area contributed by atoms with Crippen molar-refractivity contribution in [3.63, 3.8) is 0 Å². The first-order valence-electron chi connectivity index (χ1n) is 7.98. The van der Waals surface area contributed by atoms with E-state index in [0.29, 0.717) is 17.5 Å². The molecule has 2 atom stereocenters. The molecule has 4 heteroatoms. The number of hydrogen-bond donors (Lipinski definition) is 2. The summed E-state index contributed by atoms with van der Waals surface area (Å²) < 4.78 is 0. The molecule has 0 aromatic heterocycles. The highest BCUT2D eigenvalue weighted by molar-refractivity contribution is 6.33. The Morgan fingerprint density at radius 2 is 2.14 bits per heavy atom. The van der Waals surface area contributed by atoms with E-state index in [1.54, 1.807) is 0 Å². The monoisotopic (exact) mass is 308 g/mol. The summed E-state index contributed by atoms with van der Waals surface area (Å²) in [5.41, 5.74) is 1.73. The number of rotatable bonds is 5. The molecular formula is C17H25ClN2O. The molecule has 1 saturated carbocycles. The molecule has 21 heavy (non-hydrogen) atoms. The van der Waals surface area contributed by atoms with Crippen LogP contribution in [0, 0.1) is 5.92 Å². The van der Waals surface area contributed by atoms with E-state index in [1.165, 1.54) is 32.1 Å². The molecule has 2 N–H and O–H groups in total. The van der Waals surface area contributed by atoms with E-state index in [1.807, 2.05) is 25.1 Å². The number of halogens is 1. The van der Waals surface area contributed by atoms with E-state index in [9.17, 15) is 4.79 Å². The number of nitrogens with one attached hydrogen (secondary N) is 2. The fourth-order valence-corrected chi connectivity index (χ4v) is 3.15. The fraction of sp³-hybridized carbons (Fsp3) is 0.588. The molecule has 0 bridgehead atoms. The van der Waals surface area contributed by atoms with Crippen molar-refractivity contribution < 1.29 is 4.79 Å². The second-order valence-corrected chi connectivity index (χ2v) is 6.29. The van der Waals surface area contributed by atoms with Crippen LogP contribution in [0.1, 0.15) is 52.4 Å². The van der Waals surface area contributed by atoms with Crippen LogP contribution < -0.4 is 10.6 Å². The summed E-state index contributed by atoms with van der Waals surface area (Å²) in [6.07, 6.45) is 6.75. The maximum atomic E-state index is 11.5. The van der Waals surface area contributed by atoms with Crippen molar-refractivity contribution in [3.8, 4) is 0 Å². The zero-order valence-corrected chi connectivity index (χ0v) is 13.7. The molecule has 3 nitrogen and oxygen atoms in total. The van der Waals surface area contributed by atoms with E-state index in [0.717, 1.165) is 17.3 Å². The average molecular weight is 309 g/mol. The molecule has 1 amide bonds. The molecule has 1 aromatic rings. The van der Waals surface area contributed by atoms with Crippen molar-refractivity contribution in [1.82, 2.24) is 0 Å². The van der Waals surface area contributed by atoms with Gasteiger partial charge in [0.05, 0.1) is 10.7 Å². The second kappa shape index (κ2) is 7.69. The minimum absolute atomic E-state index is 0.0204. The lowest BCUT2D eigenvalue weighted by Crippen LogP contribution is -2.27. The second-order valence-electron chi connectivity index (χ2n) is 5.88. The van der Waals surface area contributed by atoms with Crippen LogP contribution in [0.2, 0.25) is 5.02 Å². The van der Waals surface area contributed by atoms with Gasteiger partial charge in [-0.05, 0) is 37.0 Å². The summed E-state index contributed by atoms with van der Waals surface area (Å²) in [5.74, 6) is 0.838. The number of anilines is 2. The summed E-state index contributed by atoms with van der Waals surface area (Å²) in [6, 6.07) is 6.11. The lowest BCUT2D eigenvalue weighted by atomic mass is 9.84. The SMILES string of the molecule is CCC(=O)Nc1ccc(Cl)c(NC2CCCC(CC)C2)c1. The third-order valence-electron chi connectivity index (χ3n) is 4.29. The molecule has 2 rings (SSSR count). The highest BCUT2D eigenvalue weighted by Gasteiger charge is 2.21. The Kier molecular flexibility index (Phi) is 5.92. The van der Waals surface area contributed by atoms with Gasteiger partial charge in [-0.2, -0.15) is 0 Å². The zero-order valence-electron chi connectivity index (χ0n) is 12.9. The molecule has 1 fully saturated rings. The molecule has 2 unspecified atom stereocenters. The van der Waals surface area contributed by atoms with Gasteiger partial charge in [0.2, 0.25) is 5.91 Å². The largest absolute Gasteiger partial charge is 0.381 e. The third-order valence-corrected chi connectivity index (χ3v) is 4.62. The summed E-state index contributed by atoms with van der Waals surface area (Å²) in [5, 5.41) is 7.15. The Labute approximate surface area is 132 Å². The van der Waals surface area contributed by atoms with Gasteiger partial charge >= 0.3 is 0 Å². The minimum atomic E-state index is 0.0204. The average Bonchev–Trinajstić information content (AvgIpc) is 2.50. The van der Waals surface area contributed by atoms with E-state index in [4.69, 9.17) is 11.6 Å². The number of carbonyl (C=O) groups is 1. The predicted molar refractivity (Wildman–Crippen MR) is 90.0 cm³/mol. The van der Waals surface area contributed by atoms with E-state index in [-0.39, 0.29) is 5.91 Å². The number of carbonyl (C=O) groups excluding carboxylic acids is 1.